The Morgan fingerprint density at radius 3 is 2.42 bits per heavy atom. The van der Waals surface area contributed by atoms with E-state index in [1.807, 2.05) is 13.8 Å². The molecular weight excluding hydrogens is 174 g/mol. The molecule has 0 saturated heterocycles. The van der Waals surface area contributed by atoms with Crippen LogP contribution in [0.1, 0.15) is 27.2 Å². The minimum atomic E-state index is -0.338. The van der Waals surface area contributed by atoms with Gasteiger partial charge < -0.3 is 10.7 Å². The molecule has 4 N–H and O–H groups in total. The molecule has 0 bridgehead atoms. The van der Waals surface area contributed by atoms with E-state index in [9.17, 15) is 4.79 Å². The van der Waals surface area contributed by atoms with Gasteiger partial charge >= 0.3 is 0 Å². The molecule has 0 aliphatic heterocycles. The summed E-state index contributed by atoms with van der Waals surface area (Å²) >= 11 is 4.80. The first-order valence-corrected chi connectivity index (χ1v) is 4.06. The van der Waals surface area contributed by atoms with E-state index in [0.29, 0.717) is 11.5 Å². The van der Waals surface area contributed by atoms with E-state index in [1.54, 1.807) is 6.92 Å². The van der Waals surface area contributed by atoms with Crippen LogP contribution in [0.25, 0.3) is 0 Å². The molecule has 0 rings (SSSR count). The number of carbonyl (C=O) groups excluding carboxylic acids is 1. The fourth-order valence-electron chi connectivity index (χ4n) is 1.01. The summed E-state index contributed by atoms with van der Waals surface area (Å²) in [6.45, 7) is 5.32. The van der Waals surface area contributed by atoms with E-state index in [-0.39, 0.29) is 11.3 Å². The van der Waals surface area contributed by atoms with Gasteiger partial charge in [0.2, 0.25) is 0 Å². The number of rotatable bonds is 3. The largest absolute Gasteiger partial charge is 0.356 e. The Hall–Kier alpha value is -0.680. The van der Waals surface area contributed by atoms with Crippen LogP contribution in [0.5, 0.6) is 0 Å². The Labute approximate surface area is 77.9 Å². The number of hydrogen-bond acceptors (Lipinski definition) is 3. The topological polar surface area (TPSA) is 67.2 Å². The van der Waals surface area contributed by atoms with Gasteiger partial charge in [0.25, 0.3) is 0 Å². The number of hydrogen-bond donors (Lipinski definition) is 3. The summed E-state index contributed by atoms with van der Waals surface area (Å²) in [4.78, 5) is 10.8. The van der Waals surface area contributed by atoms with E-state index in [0.717, 1.165) is 0 Å². The zero-order valence-electron chi connectivity index (χ0n) is 7.60. The van der Waals surface area contributed by atoms with Gasteiger partial charge in [-0.25, -0.2) is 5.84 Å². The average Bonchev–Trinajstić information content (AvgIpc) is 1.83. The fourth-order valence-corrected chi connectivity index (χ4v) is 1.29. The van der Waals surface area contributed by atoms with Gasteiger partial charge in [-0.15, -0.1) is 0 Å². The molecule has 0 spiro atoms. The molecule has 0 heterocycles. The van der Waals surface area contributed by atoms with Gasteiger partial charge in [0.15, 0.2) is 5.11 Å². The second kappa shape index (κ2) is 4.37. The van der Waals surface area contributed by atoms with Crippen molar-refractivity contribution in [3.8, 4) is 0 Å². The van der Waals surface area contributed by atoms with Crippen LogP contribution in [-0.2, 0) is 4.79 Å². The molecule has 0 aromatic heterocycles. The molecule has 0 aliphatic rings. The van der Waals surface area contributed by atoms with Crippen molar-refractivity contribution in [3.05, 3.63) is 0 Å². The molecule has 5 heteroatoms. The average molecular weight is 189 g/mol. The SMILES string of the molecule is CC(=O)CC(C)(C)NC(=S)NN. The van der Waals surface area contributed by atoms with Gasteiger partial charge in [-0.05, 0) is 33.0 Å². The van der Waals surface area contributed by atoms with Crippen LogP contribution in [0.3, 0.4) is 0 Å². The quantitative estimate of drug-likeness (QED) is 0.333. The van der Waals surface area contributed by atoms with E-state index in [4.69, 9.17) is 18.1 Å². The van der Waals surface area contributed by atoms with Crippen LogP contribution in [-0.4, -0.2) is 16.4 Å². The lowest BCUT2D eigenvalue weighted by atomic mass is 9.99. The third-order valence-corrected chi connectivity index (χ3v) is 1.49. The minimum absolute atomic E-state index is 0.118. The van der Waals surface area contributed by atoms with Crippen molar-refractivity contribution in [1.82, 2.24) is 10.7 Å². The molecule has 0 saturated carbocycles. The molecule has 12 heavy (non-hydrogen) atoms. The lowest BCUT2D eigenvalue weighted by Gasteiger charge is -2.25. The van der Waals surface area contributed by atoms with E-state index in [2.05, 4.69) is 10.7 Å². The summed E-state index contributed by atoms with van der Waals surface area (Å²) in [5.74, 6) is 5.19. The highest BCUT2D eigenvalue weighted by Crippen LogP contribution is 2.07. The first-order chi connectivity index (χ1) is 5.37. The summed E-state index contributed by atoms with van der Waals surface area (Å²) in [6.07, 6.45) is 0.425. The van der Waals surface area contributed by atoms with Crippen LogP contribution in [0.15, 0.2) is 0 Å². The number of ketones is 1. The van der Waals surface area contributed by atoms with Crippen molar-refractivity contribution in [1.29, 1.82) is 0 Å². The van der Waals surface area contributed by atoms with Gasteiger partial charge in [-0.3, -0.25) is 4.79 Å². The van der Waals surface area contributed by atoms with Crippen molar-refractivity contribution in [2.45, 2.75) is 32.7 Å². The van der Waals surface area contributed by atoms with Gasteiger partial charge in [-0.1, -0.05) is 0 Å². The highest BCUT2D eigenvalue weighted by molar-refractivity contribution is 7.80. The van der Waals surface area contributed by atoms with E-state index < -0.39 is 0 Å². The van der Waals surface area contributed by atoms with Crippen LogP contribution in [0, 0.1) is 0 Å². The molecule has 0 fully saturated rings. The number of hydrazine groups is 1. The molecule has 0 aliphatic carbocycles. The molecule has 0 aromatic rings. The first kappa shape index (κ1) is 11.3. The van der Waals surface area contributed by atoms with Crippen molar-refractivity contribution in [2.75, 3.05) is 0 Å². The Kier molecular flexibility index (Phi) is 4.12. The van der Waals surface area contributed by atoms with Gasteiger partial charge in [-0.2, -0.15) is 0 Å². The standard InChI is InChI=1S/C7H15N3OS/c1-5(11)4-7(2,3)9-6(12)10-8/h4,8H2,1-3H3,(H2,9,10,12). The van der Waals surface area contributed by atoms with Gasteiger partial charge in [0, 0.05) is 12.0 Å². The predicted octanol–water partition coefficient (Wildman–Crippen LogP) is 0.0819. The zero-order valence-corrected chi connectivity index (χ0v) is 8.42. The smallest absolute Gasteiger partial charge is 0.181 e. The van der Waals surface area contributed by atoms with Crippen LogP contribution >= 0.6 is 12.2 Å². The Bertz CT molecular complexity index is 191. The zero-order chi connectivity index (χ0) is 9.78. The van der Waals surface area contributed by atoms with Gasteiger partial charge in [0.1, 0.15) is 5.78 Å². The molecular formula is C7H15N3OS. The summed E-state index contributed by atoms with van der Waals surface area (Å²) in [5.41, 5.74) is 1.97. The summed E-state index contributed by atoms with van der Waals surface area (Å²) < 4.78 is 0. The van der Waals surface area contributed by atoms with Gasteiger partial charge in [0.05, 0.1) is 0 Å². The fraction of sp³-hybridized carbons (Fsp3) is 0.714. The number of thiocarbonyl (C=S) groups is 1. The highest BCUT2D eigenvalue weighted by atomic mass is 32.1. The summed E-state index contributed by atoms with van der Waals surface area (Å²) in [5, 5.41) is 3.26. The van der Waals surface area contributed by atoms with Crippen LogP contribution < -0.4 is 16.6 Å². The van der Waals surface area contributed by atoms with Crippen molar-refractivity contribution in [2.24, 2.45) is 5.84 Å². The molecule has 0 atom stereocenters. The summed E-state index contributed by atoms with van der Waals surface area (Å²) in [7, 11) is 0. The number of Topliss-reactive ketones (excluding diaryl/α,β-unsaturated/α-hetero) is 1. The third-order valence-electron chi connectivity index (χ3n) is 1.27. The maximum absolute atomic E-state index is 10.8. The van der Waals surface area contributed by atoms with Crippen LogP contribution in [0.2, 0.25) is 0 Å². The Morgan fingerprint density at radius 1 is 1.58 bits per heavy atom. The lowest BCUT2D eigenvalue weighted by Crippen LogP contribution is -2.50. The minimum Gasteiger partial charge on any atom is -0.356 e. The maximum Gasteiger partial charge on any atom is 0.181 e. The Balaban J connectivity index is 4.03. The van der Waals surface area contributed by atoms with E-state index in [1.165, 1.54) is 0 Å². The molecule has 0 radical (unpaired) electrons. The predicted molar refractivity (Wildman–Crippen MR) is 52.4 cm³/mol. The number of nitrogens with two attached hydrogens (primary N) is 1. The van der Waals surface area contributed by atoms with Crippen molar-refractivity contribution < 1.29 is 4.79 Å². The van der Waals surface area contributed by atoms with Crippen molar-refractivity contribution >= 4 is 23.1 Å². The van der Waals surface area contributed by atoms with E-state index >= 15 is 0 Å². The molecule has 4 nitrogen and oxygen atoms in total. The number of carbonyl (C=O) groups is 1. The Morgan fingerprint density at radius 2 is 2.08 bits per heavy atom. The second-order valence-corrected chi connectivity index (χ2v) is 3.77. The van der Waals surface area contributed by atoms with Crippen molar-refractivity contribution in [3.63, 3.8) is 0 Å². The normalized spacial score (nSPS) is 10.7. The van der Waals surface area contributed by atoms with Crippen LogP contribution in [0.4, 0.5) is 0 Å². The first-order valence-electron chi connectivity index (χ1n) is 3.65. The monoisotopic (exact) mass is 189 g/mol. The maximum atomic E-state index is 10.8. The molecule has 0 amide bonds. The number of nitrogens with one attached hydrogen (secondary N) is 2. The molecule has 0 unspecified atom stereocenters. The highest BCUT2D eigenvalue weighted by Gasteiger charge is 2.20. The third kappa shape index (κ3) is 5.03. The molecule has 0 aromatic carbocycles. The lowest BCUT2D eigenvalue weighted by molar-refractivity contribution is -0.118. The second-order valence-electron chi connectivity index (χ2n) is 3.36. The molecule has 70 valence electrons. The summed E-state index contributed by atoms with van der Waals surface area (Å²) in [6, 6.07) is 0.